The first-order chi connectivity index (χ1) is 17.6. The summed E-state index contributed by atoms with van der Waals surface area (Å²) in [5.41, 5.74) is 6.55. The molecule has 0 aliphatic carbocycles. The van der Waals surface area contributed by atoms with Crippen molar-refractivity contribution in [2.45, 2.75) is 31.3 Å². The lowest BCUT2D eigenvalue weighted by molar-refractivity contribution is -0.142. The van der Waals surface area contributed by atoms with Crippen molar-refractivity contribution < 1.29 is 28.7 Å². The van der Waals surface area contributed by atoms with Crippen molar-refractivity contribution in [1.82, 2.24) is 10.2 Å². The maximum atomic E-state index is 13.9. The van der Waals surface area contributed by atoms with Crippen molar-refractivity contribution in [3.63, 3.8) is 0 Å². The summed E-state index contributed by atoms with van der Waals surface area (Å²) in [5, 5.41) is 6.43. The molecule has 0 aromatic heterocycles. The molecule has 1 spiro atoms. The number of amides is 4. The van der Waals surface area contributed by atoms with Crippen molar-refractivity contribution in [3.8, 4) is 11.5 Å². The fraction of sp³-hybridized carbons (Fsp3) is 0.385. The van der Waals surface area contributed by atoms with E-state index in [0.29, 0.717) is 34.2 Å². The normalized spacial score (nSPS) is 25.9. The van der Waals surface area contributed by atoms with Crippen LogP contribution in [0, 0.1) is 18.8 Å². The highest BCUT2D eigenvalue weighted by atomic mass is 35.5. The second-order valence-corrected chi connectivity index (χ2v) is 10.0. The van der Waals surface area contributed by atoms with E-state index in [1.54, 1.807) is 31.2 Å². The van der Waals surface area contributed by atoms with Crippen molar-refractivity contribution in [1.29, 1.82) is 0 Å². The highest BCUT2D eigenvalue weighted by Gasteiger charge is 2.70. The molecule has 4 amide bonds. The number of likely N-dealkylation sites (tertiary alicyclic amines) is 1. The number of rotatable bonds is 7. The number of benzene rings is 2. The minimum atomic E-state index is -1.54. The molecule has 11 heteroatoms. The number of hydrogen-bond acceptors (Lipinski definition) is 7. The Kier molecular flexibility index (Phi) is 6.12. The predicted octanol–water partition coefficient (Wildman–Crippen LogP) is 1.50. The third kappa shape index (κ3) is 3.74. The molecule has 194 valence electrons. The smallest absolute Gasteiger partial charge is 0.250 e. The van der Waals surface area contributed by atoms with E-state index in [2.05, 4.69) is 10.6 Å². The summed E-state index contributed by atoms with van der Waals surface area (Å²) >= 11 is 6.34. The topological polar surface area (TPSA) is 140 Å². The molecule has 2 fully saturated rings. The monoisotopic (exact) mass is 526 g/mol. The fourth-order valence-electron chi connectivity index (χ4n) is 5.98. The Morgan fingerprint density at radius 1 is 1.11 bits per heavy atom. The zero-order chi connectivity index (χ0) is 26.6. The van der Waals surface area contributed by atoms with Crippen molar-refractivity contribution in [3.05, 3.63) is 52.0 Å². The molecule has 4 N–H and O–H groups in total. The Bertz CT molecular complexity index is 1350. The number of nitrogens with two attached hydrogens (primary N) is 1. The van der Waals surface area contributed by atoms with Crippen LogP contribution in [0.15, 0.2) is 30.3 Å². The highest BCUT2D eigenvalue weighted by Crippen LogP contribution is 2.54. The molecular formula is C26H27ClN4O6. The zero-order valence-electron chi connectivity index (χ0n) is 20.6. The Morgan fingerprint density at radius 2 is 1.84 bits per heavy atom. The second kappa shape index (κ2) is 9.04. The molecule has 3 aliphatic rings. The largest absolute Gasteiger partial charge is 0.493 e. The van der Waals surface area contributed by atoms with Gasteiger partial charge in [0, 0.05) is 35.3 Å². The third-order valence-electron chi connectivity index (χ3n) is 7.57. The van der Waals surface area contributed by atoms with Gasteiger partial charge in [0.2, 0.25) is 23.6 Å². The van der Waals surface area contributed by atoms with E-state index < -0.39 is 47.0 Å². The summed E-state index contributed by atoms with van der Waals surface area (Å²) in [5.74, 6) is -2.89. The average molecular weight is 527 g/mol. The Labute approximate surface area is 218 Å². The number of ether oxygens (including phenoxy) is 2. The van der Waals surface area contributed by atoms with Crippen LogP contribution in [0.5, 0.6) is 11.5 Å². The third-order valence-corrected chi connectivity index (χ3v) is 7.79. The van der Waals surface area contributed by atoms with Crippen LogP contribution < -0.4 is 25.8 Å². The molecule has 2 saturated heterocycles. The summed E-state index contributed by atoms with van der Waals surface area (Å²) in [6.45, 7) is 1.90. The molecule has 3 aliphatic heterocycles. The number of carbonyl (C=O) groups is 4. The minimum absolute atomic E-state index is 0.0998. The van der Waals surface area contributed by atoms with Gasteiger partial charge in [0.15, 0.2) is 11.5 Å². The number of anilines is 1. The van der Waals surface area contributed by atoms with Crippen LogP contribution >= 0.6 is 11.6 Å². The first kappa shape index (κ1) is 25.0. The number of halogens is 1. The van der Waals surface area contributed by atoms with Crippen molar-refractivity contribution >= 4 is 40.9 Å². The number of carbonyl (C=O) groups excluding carboxylic acids is 4. The van der Waals surface area contributed by atoms with Gasteiger partial charge in [-0.1, -0.05) is 17.7 Å². The van der Waals surface area contributed by atoms with Crippen molar-refractivity contribution in [2.75, 3.05) is 26.1 Å². The number of primary amides is 1. The highest BCUT2D eigenvalue weighted by molar-refractivity contribution is 6.31. The Balaban J connectivity index is 1.51. The second-order valence-electron chi connectivity index (χ2n) is 9.60. The lowest BCUT2D eigenvalue weighted by Crippen LogP contribution is -2.53. The number of nitrogens with one attached hydrogen (secondary N) is 2. The van der Waals surface area contributed by atoms with Gasteiger partial charge in [-0.15, -0.1) is 0 Å². The molecule has 37 heavy (non-hydrogen) atoms. The number of fused-ring (bicyclic) bond motifs is 4. The van der Waals surface area contributed by atoms with Gasteiger partial charge in [-0.2, -0.15) is 0 Å². The summed E-state index contributed by atoms with van der Waals surface area (Å²) in [6.07, 6.45) is 0.166. The molecule has 5 rings (SSSR count). The SMILES string of the molecule is COc1ccc(CCN2C(=O)[C@H]3[C@@H](C2=O)[C@]2(N[C@@H]3CC(N)=O)C(=O)Nc3c(C)cc(Cl)cc32)cc1OC. The number of hydrogen-bond donors (Lipinski definition) is 3. The summed E-state index contributed by atoms with van der Waals surface area (Å²) < 4.78 is 10.6. The number of aryl methyl sites for hydroxylation is 1. The molecule has 3 heterocycles. The van der Waals surface area contributed by atoms with Crippen LogP contribution in [0.2, 0.25) is 5.02 Å². The Hall–Kier alpha value is -3.63. The number of imide groups is 1. The first-order valence-corrected chi connectivity index (χ1v) is 12.2. The van der Waals surface area contributed by atoms with Gasteiger partial charge >= 0.3 is 0 Å². The minimum Gasteiger partial charge on any atom is -0.493 e. The fourth-order valence-corrected chi connectivity index (χ4v) is 6.26. The number of nitrogens with zero attached hydrogens (tertiary/aromatic N) is 1. The average Bonchev–Trinajstić information content (AvgIpc) is 3.42. The van der Waals surface area contributed by atoms with E-state index in [0.717, 1.165) is 11.1 Å². The number of methoxy groups -OCH3 is 2. The lowest BCUT2D eigenvalue weighted by Gasteiger charge is -2.29. The van der Waals surface area contributed by atoms with E-state index in [1.807, 2.05) is 6.07 Å². The molecule has 0 radical (unpaired) electrons. The van der Waals surface area contributed by atoms with Crippen LogP contribution in [-0.4, -0.2) is 55.3 Å². The van der Waals surface area contributed by atoms with Crippen molar-refractivity contribution in [2.24, 2.45) is 17.6 Å². The molecule has 0 bridgehead atoms. The molecular weight excluding hydrogens is 500 g/mol. The van der Waals surface area contributed by atoms with Gasteiger partial charge in [0.25, 0.3) is 0 Å². The maximum Gasteiger partial charge on any atom is 0.250 e. The molecule has 4 atom stereocenters. The molecule has 2 aromatic rings. The summed E-state index contributed by atoms with van der Waals surface area (Å²) in [6, 6.07) is 7.92. The van der Waals surface area contributed by atoms with Crippen LogP contribution in [0.4, 0.5) is 5.69 Å². The van der Waals surface area contributed by atoms with E-state index in [4.69, 9.17) is 26.8 Å². The van der Waals surface area contributed by atoms with Crippen LogP contribution in [0.25, 0.3) is 0 Å². The van der Waals surface area contributed by atoms with Crippen LogP contribution in [0.3, 0.4) is 0 Å². The van der Waals surface area contributed by atoms with E-state index in [9.17, 15) is 19.2 Å². The van der Waals surface area contributed by atoms with Crippen LogP contribution in [0.1, 0.15) is 23.1 Å². The van der Waals surface area contributed by atoms with Crippen LogP contribution in [-0.2, 0) is 31.1 Å². The maximum absolute atomic E-state index is 13.9. The first-order valence-electron chi connectivity index (χ1n) is 11.9. The van der Waals surface area contributed by atoms with Gasteiger partial charge in [-0.3, -0.25) is 29.4 Å². The summed E-state index contributed by atoms with van der Waals surface area (Å²) in [7, 11) is 3.07. The lowest BCUT2D eigenvalue weighted by atomic mass is 9.76. The van der Waals surface area contributed by atoms with E-state index >= 15 is 0 Å². The quantitative estimate of drug-likeness (QED) is 0.464. The Morgan fingerprint density at radius 3 is 2.51 bits per heavy atom. The van der Waals surface area contributed by atoms with Gasteiger partial charge in [0.05, 0.1) is 26.1 Å². The van der Waals surface area contributed by atoms with Gasteiger partial charge < -0.3 is 20.5 Å². The molecule has 10 nitrogen and oxygen atoms in total. The van der Waals surface area contributed by atoms with Gasteiger partial charge in [0.1, 0.15) is 5.54 Å². The molecule has 0 saturated carbocycles. The standard InChI is InChI=1S/C26H27ClN4O6/c1-12-8-14(27)10-15-22(12)29-25(35)26(15)21-20(16(30-26)11-19(28)32)23(33)31(24(21)34)7-6-13-4-5-17(36-2)18(9-13)37-3/h4-5,8-10,16,20-21,30H,6-7,11H2,1-3H3,(H2,28,32)(H,29,35)/t16-,20-,21+,26+/m1/s1. The molecule has 2 aromatic carbocycles. The van der Waals surface area contributed by atoms with E-state index in [-0.39, 0.29) is 13.0 Å². The summed E-state index contributed by atoms with van der Waals surface area (Å²) in [4.78, 5) is 54.1. The van der Waals surface area contributed by atoms with E-state index in [1.165, 1.54) is 19.1 Å². The zero-order valence-corrected chi connectivity index (χ0v) is 21.3. The van der Waals surface area contributed by atoms with Gasteiger partial charge in [-0.05, 0) is 48.7 Å². The molecule has 0 unspecified atom stereocenters. The van der Waals surface area contributed by atoms with Gasteiger partial charge in [-0.25, -0.2) is 0 Å². The predicted molar refractivity (Wildman–Crippen MR) is 134 cm³/mol.